The number of hydrogen-bond acceptors (Lipinski definition) is 6. The molecule has 7 nitrogen and oxygen atoms in total. The lowest BCUT2D eigenvalue weighted by molar-refractivity contribution is -0.116. The highest BCUT2D eigenvalue weighted by Gasteiger charge is 2.38. The molecule has 2 aromatic carbocycles. The Labute approximate surface area is 180 Å². The quantitative estimate of drug-likeness (QED) is 0.665. The fraction of sp³-hybridized carbons (Fsp3) is 0.292. The Hall–Kier alpha value is -3.61. The molecular formula is C24H24N4O3. The smallest absolute Gasteiger partial charge is 0.226 e. The average Bonchev–Trinajstić information content (AvgIpc) is 3.22. The van der Waals surface area contributed by atoms with E-state index in [0.717, 1.165) is 46.7 Å². The third kappa shape index (κ3) is 3.36. The van der Waals surface area contributed by atoms with Crippen molar-refractivity contribution in [2.75, 3.05) is 19.0 Å². The third-order valence-electron chi connectivity index (χ3n) is 5.71. The lowest BCUT2D eigenvalue weighted by atomic mass is 9.85. The van der Waals surface area contributed by atoms with Gasteiger partial charge in [0.1, 0.15) is 17.5 Å². The molecule has 1 atom stereocenters. The van der Waals surface area contributed by atoms with E-state index < -0.39 is 0 Å². The van der Waals surface area contributed by atoms with Gasteiger partial charge in [0.25, 0.3) is 0 Å². The van der Waals surface area contributed by atoms with Crippen LogP contribution in [-0.4, -0.2) is 34.3 Å². The van der Waals surface area contributed by atoms with Gasteiger partial charge in [0.05, 0.1) is 13.7 Å². The second-order valence-electron chi connectivity index (χ2n) is 7.60. The van der Waals surface area contributed by atoms with Crippen molar-refractivity contribution in [3.63, 3.8) is 0 Å². The number of allylic oxidation sites excluding steroid dienone is 2. The molecule has 7 heteroatoms. The summed E-state index contributed by atoms with van der Waals surface area (Å²) in [5.74, 6) is 2.85. The molecule has 1 aliphatic carbocycles. The van der Waals surface area contributed by atoms with E-state index in [-0.39, 0.29) is 11.8 Å². The molecule has 158 valence electrons. The zero-order valence-electron chi connectivity index (χ0n) is 17.6. The van der Waals surface area contributed by atoms with Crippen LogP contribution in [0.2, 0.25) is 0 Å². The van der Waals surface area contributed by atoms with Gasteiger partial charge < -0.3 is 14.8 Å². The molecule has 0 saturated carbocycles. The maximum Gasteiger partial charge on any atom is 0.226 e. The Morgan fingerprint density at radius 3 is 2.87 bits per heavy atom. The zero-order chi connectivity index (χ0) is 21.4. The van der Waals surface area contributed by atoms with Crippen LogP contribution >= 0.6 is 0 Å². The third-order valence-corrected chi connectivity index (χ3v) is 5.71. The van der Waals surface area contributed by atoms with Gasteiger partial charge in [-0.1, -0.05) is 30.3 Å². The summed E-state index contributed by atoms with van der Waals surface area (Å²) >= 11 is 0. The van der Waals surface area contributed by atoms with E-state index in [9.17, 15) is 4.79 Å². The average molecular weight is 416 g/mol. The van der Waals surface area contributed by atoms with Gasteiger partial charge in [0.2, 0.25) is 5.95 Å². The van der Waals surface area contributed by atoms with E-state index in [2.05, 4.69) is 5.32 Å². The molecule has 0 amide bonds. The second-order valence-corrected chi connectivity index (χ2v) is 7.60. The molecule has 0 fully saturated rings. The van der Waals surface area contributed by atoms with Gasteiger partial charge in [0, 0.05) is 28.8 Å². The number of para-hydroxylation sites is 1. The van der Waals surface area contributed by atoms with Crippen LogP contribution in [-0.2, 0) is 4.79 Å². The summed E-state index contributed by atoms with van der Waals surface area (Å²) in [4.78, 5) is 17.8. The number of anilines is 1. The Morgan fingerprint density at radius 2 is 2.03 bits per heavy atom. The van der Waals surface area contributed by atoms with Gasteiger partial charge in [0.15, 0.2) is 11.6 Å². The van der Waals surface area contributed by atoms with E-state index in [1.807, 2.05) is 60.1 Å². The molecule has 2 heterocycles. The molecule has 0 spiro atoms. The molecule has 0 bridgehead atoms. The van der Waals surface area contributed by atoms with Gasteiger partial charge in [-0.15, -0.1) is 5.10 Å². The van der Waals surface area contributed by atoms with E-state index in [0.29, 0.717) is 24.8 Å². The van der Waals surface area contributed by atoms with Crippen molar-refractivity contribution >= 4 is 11.7 Å². The summed E-state index contributed by atoms with van der Waals surface area (Å²) in [5, 5.41) is 8.20. The van der Waals surface area contributed by atoms with Crippen molar-refractivity contribution < 1.29 is 14.3 Å². The summed E-state index contributed by atoms with van der Waals surface area (Å²) in [6, 6.07) is 15.1. The van der Waals surface area contributed by atoms with Crippen LogP contribution in [0.5, 0.6) is 11.5 Å². The first-order chi connectivity index (χ1) is 15.2. The summed E-state index contributed by atoms with van der Waals surface area (Å²) in [6.45, 7) is 2.50. The van der Waals surface area contributed by atoms with Crippen molar-refractivity contribution in [1.29, 1.82) is 0 Å². The van der Waals surface area contributed by atoms with Crippen molar-refractivity contribution in [3.05, 3.63) is 65.4 Å². The fourth-order valence-corrected chi connectivity index (χ4v) is 4.32. The highest BCUT2D eigenvalue weighted by Crippen LogP contribution is 2.43. The van der Waals surface area contributed by atoms with Crippen molar-refractivity contribution in [1.82, 2.24) is 14.8 Å². The van der Waals surface area contributed by atoms with Crippen LogP contribution in [0, 0.1) is 0 Å². The largest absolute Gasteiger partial charge is 0.497 e. The van der Waals surface area contributed by atoms with E-state index in [1.165, 1.54) is 0 Å². The van der Waals surface area contributed by atoms with E-state index in [1.54, 1.807) is 7.11 Å². The predicted molar refractivity (Wildman–Crippen MR) is 117 cm³/mol. The van der Waals surface area contributed by atoms with Crippen LogP contribution in [0.1, 0.15) is 37.8 Å². The molecule has 3 aromatic rings. The standard InChI is InChI=1S/C24H24N4O3/c1-3-31-20-13-5-4-10-17(20)22-21-18(11-7-12-19(21)29)25-24-26-23(27-28(22)24)15-8-6-9-16(14-15)30-2/h4-6,8-10,13-14,22H,3,7,11-12H2,1-2H3,(H,25,26,27). The van der Waals surface area contributed by atoms with Gasteiger partial charge in [-0.3, -0.25) is 4.79 Å². The number of ketones is 1. The molecule has 0 saturated heterocycles. The lowest BCUT2D eigenvalue weighted by Crippen LogP contribution is -2.31. The number of Topliss-reactive ketones (excluding diaryl/α,β-unsaturated/α-hetero) is 1. The Morgan fingerprint density at radius 1 is 1.16 bits per heavy atom. The number of hydrogen-bond donors (Lipinski definition) is 1. The van der Waals surface area contributed by atoms with Gasteiger partial charge in [-0.2, -0.15) is 4.98 Å². The molecule has 31 heavy (non-hydrogen) atoms. The zero-order valence-corrected chi connectivity index (χ0v) is 17.6. The number of ether oxygens (including phenoxy) is 2. The van der Waals surface area contributed by atoms with Crippen molar-refractivity contribution in [3.8, 4) is 22.9 Å². The number of methoxy groups -OCH3 is 1. The van der Waals surface area contributed by atoms with Gasteiger partial charge in [-0.05, 0) is 38.0 Å². The molecule has 2 aliphatic rings. The highest BCUT2D eigenvalue weighted by molar-refractivity contribution is 5.99. The maximum atomic E-state index is 13.0. The number of aromatic nitrogens is 3. The van der Waals surface area contributed by atoms with E-state index in [4.69, 9.17) is 19.6 Å². The molecule has 5 rings (SSSR count). The summed E-state index contributed by atoms with van der Waals surface area (Å²) in [6.07, 6.45) is 2.19. The number of nitrogens with zero attached hydrogens (tertiary/aromatic N) is 3. The minimum Gasteiger partial charge on any atom is -0.497 e. The van der Waals surface area contributed by atoms with E-state index >= 15 is 0 Å². The number of carbonyl (C=O) groups excluding carboxylic acids is 1. The van der Waals surface area contributed by atoms with Crippen LogP contribution in [0.3, 0.4) is 0 Å². The minimum atomic E-state index is -0.381. The molecule has 1 N–H and O–H groups in total. The Bertz CT molecular complexity index is 1180. The molecule has 1 aromatic heterocycles. The predicted octanol–water partition coefficient (Wildman–Crippen LogP) is 4.37. The first-order valence-electron chi connectivity index (χ1n) is 10.6. The maximum absolute atomic E-state index is 13.0. The molecular weight excluding hydrogens is 392 g/mol. The first kappa shape index (κ1) is 19.4. The fourth-order valence-electron chi connectivity index (χ4n) is 4.32. The van der Waals surface area contributed by atoms with Gasteiger partial charge >= 0.3 is 0 Å². The summed E-state index contributed by atoms with van der Waals surface area (Å²) < 4.78 is 13.1. The van der Waals surface area contributed by atoms with Crippen LogP contribution < -0.4 is 14.8 Å². The normalized spacial score (nSPS) is 17.6. The highest BCUT2D eigenvalue weighted by atomic mass is 16.5. The topological polar surface area (TPSA) is 78.3 Å². The number of rotatable bonds is 5. The summed E-state index contributed by atoms with van der Waals surface area (Å²) in [7, 11) is 1.64. The van der Waals surface area contributed by atoms with Crippen LogP contribution in [0.25, 0.3) is 11.4 Å². The van der Waals surface area contributed by atoms with Crippen LogP contribution in [0.15, 0.2) is 59.8 Å². The number of benzene rings is 2. The second kappa shape index (κ2) is 7.91. The minimum absolute atomic E-state index is 0.147. The Kier molecular flexibility index (Phi) is 4.94. The molecule has 1 unspecified atom stereocenters. The Balaban J connectivity index is 1.68. The van der Waals surface area contributed by atoms with Crippen molar-refractivity contribution in [2.45, 2.75) is 32.2 Å². The van der Waals surface area contributed by atoms with Crippen molar-refractivity contribution in [2.24, 2.45) is 0 Å². The molecule has 1 aliphatic heterocycles. The van der Waals surface area contributed by atoms with Gasteiger partial charge in [-0.25, -0.2) is 4.68 Å². The lowest BCUT2D eigenvalue weighted by Gasteiger charge is -2.32. The molecule has 0 radical (unpaired) electrons. The summed E-state index contributed by atoms with van der Waals surface area (Å²) in [5.41, 5.74) is 3.46. The first-order valence-corrected chi connectivity index (χ1v) is 10.6. The number of nitrogens with one attached hydrogen (secondary N) is 1. The number of carbonyl (C=O) groups is 1. The SMILES string of the molecule is CCOc1ccccc1C1C2=C(CCCC2=O)Nc2nc(-c3cccc(OC)c3)nn21. The monoisotopic (exact) mass is 416 g/mol. The van der Waals surface area contributed by atoms with Crippen LogP contribution in [0.4, 0.5) is 5.95 Å². The number of fused-ring (bicyclic) bond motifs is 1.